The normalized spacial score (nSPS) is 27.6. The largest absolute Gasteiger partial charge is 0.353 e. The van der Waals surface area contributed by atoms with Crippen molar-refractivity contribution >= 4 is 5.91 Å². The van der Waals surface area contributed by atoms with Crippen LogP contribution in [0, 0.1) is 17.3 Å². The first kappa shape index (κ1) is 14.5. The highest BCUT2D eigenvalue weighted by molar-refractivity contribution is 5.75. The van der Waals surface area contributed by atoms with Crippen LogP contribution in [0.4, 0.5) is 0 Å². The van der Waals surface area contributed by atoms with Gasteiger partial charge >= 0.3 is 0 Å². The molecule has 0 aromatic heterocycles. The van der Waals surface area contributed by atoms with Gasteiger partial charge in [0.05, 0.1) is 0 Å². The summed E-state index contributed by atoms with van der Waals surface area (Å²) in [6, 6.07) is 0.436. The van der Waals surface area contributed by atoms with Crippen molar-refractivity contribution in [2.24, 2.45) is 17.3 Å². The van der Waals surface area contributed by atoms with Crippen LogP contribution in [0.5, 0.6) is 0 Å². The molecule has 0 aromatic carbocycles. The van der Waals surface area contributed by atoms with Gasteiger partial charge in [-0.25, -0.2) is 0 Å². The predicted molar refractivity (Wildman–Crippen MR) is 72.8 cm³/mol. The van der Waals surface area contributed by atoms with E-state index in [0.717, 1.165) is 24.7 Å². The van der Waals surface area contributed by atoms with E-state index >= 15 is 0 Å². The number of carbonyl (C=O) groups excluding carboxylic acids is 1. The highest BCUT2D eigenvalue weighted by atomic mass is 16.1. The smallest absolute Gasteiger partial charge is 0.219 e. The number of nitrogens with one attached hydrogen (secondary N) is 1. The Balaban J connectivity index is 2.38. The molecule has 0 heterocycles. The van der Waals surface area contributed by atoms with Crippen molar-refractivity contribution < 1.29 is 4.79 Å². The monoisotopic (exact) mass is 239 g/mol. The third kappa shape index (κ3) is 4.33. The van der Waals surface area contributed by atoms with E-state index in [2.05, 4.69) is 33.0 Å². The van der Waals surface area contributed by atoms with Crippen molar-refractivity contribution in [3.05, 3.63) is 0 Å². The Labute approximate surface area is 107 Å². The maximum absolute atomic E-state index is 11.3. The van der Waals surface area contributed by atoms with Crippen molar-refractivity contribution in [1.29, 1.82) is 0 Å². The third-order valence-corrected chi connectivity index (χ3v) is 4.53. The van der Waals surface area contributed by atoms with Gasteiger partial charge in [0.2, 0.25) is 5.91 Å². The second-order valence-corrected chi connectivity index (χ2v) is 6.69. The van der Waals surface area contributed by atoms with E-state index in [-0.39, 0.29) is 5.91 Å². The molecular weight excluding hydrogens is 210 g/mol. The average molecular weight is 239 g/mol. The molecule has 2 nitrogen and oxygen atoms in total. The molecule has 1 rings (SSSR count). The van der Waals surface area contributed by atoms with Gasteiger partial charge in [-0.05, 0) is 42.9 Å². The molecule has 17 heavy (non-hydrogen) atoms. The Kier molecular flexibility index (Phi) is 5.03. The van der Waals surface area contributed by atoms with Crippen LogP contribution >= 0.6 is 0 Å². The van der Waals surface area contributed by atoms with E-state index in [0.29, 0.717) is 17.9 Å². The summed E-state index contributed by atoms with van der Waals surface area (Å²) in [5.74, 6) is 1.81. The van der Waals surface area contributed by atoms with Gasteiger partial charge in [0.1, 0.15) is 0 Å². The van der Waals surface area contributed by atoms with Crippen LogP contribution in [-0.4, -0.2) is 11.9 Å². The van der Waals surface area contributed by atoms with Crippen molar-refractivity contribution in [2.75, 3.05) is 0 Å². The molecule has 0 aromatic rings. The Morgan fingerprint density at radius 3 is 2.18 bits per heavy atom. The maximum Gasteiger partial charge on any atom is 0.219 e. The molecule has 1 aliphatic carbocycles. The molecule has 0 unspecified atom stereocenters. The fourth-order valence-corrected chi connectivity index (χ4v) is 2.80. The fraction of sp³-hybridized carbons (Fsp3) is 0.933. The molecule has 1 aliphatic rings. The van der Waals surface area contributed by atoms with Crippen molar-refractivity contribution in [3.8, 4) is 0 Å². The van der Waals surface area contributed by atoms with Crippen LogP contribution < -0.4 is 5.32 Å². The average Bonchev–Trinajstić information content (AvgIpc) is 2.27. The molecule has 0 radical (unpaired) electrons. The van der Waals surface area contributed by atoms with E-state index in [9.17, 15) is 4.79 Å². The molecule has 1 fully saturated rings. The van der Waals surface area contributed by atoms with Gasteiger partial charge in [0.25, 0.3) is 0 Å². The number of hydrogen-bond acceptors (Lipinski definition) is 1. The quantitative estimate of drug-likeness (QED) is 0.798. The molecule has 0 spiro atoms. The number of amides is 1. The first-order valence-electron chi connectivity index (χ1n) is 7.14. The minimum absolute atomic E-state index is 0.206. The summed E-state index contributed by atoms with van der Waals surface area (Å²) in [6.07, 6.45) is 5.48. The van der Waals surface area contributed by atoms with Gasteiger partial charge in [-0.2, -0.15) is 0 Å². The lowest BCUT2D eigenvalue weighted by Crippen LogP contribution is -2.39. The van der Waals surface area contributed by atoms with E-state index < -0.39 is 0 Å². The van der Waals surface area contributed by atoms with Crippen LogP contribution in [0.2, 0.25) is 0 Å². The van der Waals surface area contributed by atoms with E-state index in [1.165, 1.54) is 12.8 Å². The Bertz CT molecular complexity index is 246. The molecule has 1 atom stereocenters. The summed E-state index contributed by atoms with van der Waals surface area (Å²) in [5, 5.41) is 3.13. The van der Waals surface area contributed by atoms with Crippen LogP contribution in [0.15, 0.2) is 0 Å². The van der Waals surface area contributed by atoms with Crippen LogP contribution in [0.3, 0.4) is 0 Å². The number of carbonyl (C=O) groups is 1. The molecule has 0 bridgehead atoms. The van der Waals surface area contributed by atoms with Crippen molar-refractivity contribution in [3.63, 3.8) is 0 Å². The molecule has 1 N–H and O–H groups in total. The Hall–Kier alpha value is -0.530. The summed E-state index contributed by atoms with van der Waals surface area (Å²) in [7, 11) is 0. The zero-order valence-electron chi connectivity index (χ0n) is 12.2. The maximum atomic E-state index is 11.3. The Morgan fingerprint density at radius 1 is 1.24 bits per heavy atom. The van der Waals surface area contributed by atoms with Crippen LogP contribution in [-0.2, 0) is 4.79 Å². The molecule has 100 valence electrons. The SMILES string of the molecule is CCC(=O)N[C@H]1CC[C@@H]([C@@H](C)C(C)(C)C)CC1. The first-order valence-corrected chi connectivity index (χ1v) is 7.14. The topological polar surface area (TPSA) is 29.1 Å². The van der Waals surface area contributed by atoms with Gasteiger partial charge in [-0.15, -0.1) is 0 Å². The van der Waals surface area contributed by atoms with Gasteiger partial charge < -0.3 is 5.32 Å². The fourth-order valence-electron chi connectivity index (χ4n) is 2.80. The van der Waals surface area contributed by atoms with Crippen LogP contribution in [0.1, 0.15) is 66.7 Å². The lowest BCUT2D eigenvalue weighted by Gasteiger charge is -2.38. The van der Waals surface area contributed by atoms with Gasteiger partial charge in [-0.1, -0.05) is 34.6 Å². The minimum Gasteiger partial charge on any atom is -0.353 e. The highest BCUT2D eigenvalue weighted by Crippen LogP contribution is 2.39. The highest BCUT2D eigenvalue weighted by Gasteiger charge is 2.31. The standard InChI is InChI=1S/C15H29NO/c1-6-14(17)16-13-9-7-12(8-10-13)11(2)15(3,4)5/h11-13H,6-10H2,1-5H3,(H,16,17)/t11-,12-,13+/m1/s1. The summed E-state index contributed by atoms with van der Waals surface area (Å²) >= 11 is 0. The molecule has 0 saturated heterocycles. The van der Waals surface area contributed by atoms with Gasteiger partial charge in [-0.3, -0.25) is 4.79 Å². The van der Waals surface area contributed by atoms with Crippen LogP contribution in [0.25, 0.3) is 0 Å². The van der Waals surface area contributed by atoms with Crippen molar-refractivity contribution in [2.45, 2.75) is 72.8 Å². The summed E-state index contributed by atoms with van der Waals surface area (Å²) < 4.78 is 0. The first-order chi connectivity index (χ1) is 7.84. The van der Waals surface area contributed by atoms with E-state index in [4.69, 9.17) is 0 Å². The van der Waals surface area contributed by atoms with Gasteiger partial charge in [0, 0.05) is 12.5 Å². The third-order valence-electron chi connectivity index (χ3n) is 4.53. The van der Waals surface area contributed by atoms with E-state index in [1.54, 1.807) is 0 Å². The zero-order valence-corrected chi connectivity index (χ0v) is 12.2. The second-order valence-electron chi connectivity index (χ2n) is 6.69. The Morgan fingerprint density at radius 2 is 1.76 bits per heavy atom. The van der Waals surface area contributed by atoms with Gasteiger partial charge in [0.15, 0.2) is 0 Å². The minimum atomic E-state index is 0.206. The van der Waals surface area contributed by atoms with E-state index in [1.807, 2.05) is 6.92 Å². The molecule has 2 heteroatoms. The molecule has 0 aliphatic heterocycles. The van der Waals surface area contributed by atoms with Crippen molar-refractivity contribution in [1.82, 2.24) is 5.32 Å². The second kappa shape index (κ2) is 5.88. The predicted octanol–water partition coefficient (Wildman–Crippen LogP) is 3.75. The lowest BCUT2D eigenvalue weighted by atomic mass is 9.68. The molecule has 1 saturated carbocycles. The summed E-state index contributed by atoms with van der Waals surface area (Å²) in [5.41, 5.74) is 0.407. The zero-order chi connectivity index (χ0) is 13.1. The summed E-state index contributed by atoms with van der Waals surface area (Å²) in [4.78, 5) is 11.3. The summed E-state index contributed by atoms with van der Waals surface area (Å²) in [6.45, 7) is 11.3. The molecular formula is C15H29NO. The number of rotatable bonds is 3. The molecule has 1 amide bonds. The number of hydrogen-bond donors (Lipinski definition) is 1. The lowest BCUT2D eigenvalue weighted by molar-refractivity contribution is -0.121.